The molecule has 8 nitrogen and oxygen atoms in total. The van der Waals surface area contributed by atoms with Gasteiger partial charge in [-0.05, 0) is 6.92 Å². The molecule has 2 aromatic heterocycles. The first-order valence-corrected chi connectivity index (χ1v) is 6.43. The summed E-state index contributed by atoms with van der Waals surface area (Å²) < 4.78 is 4.15. The first kappa shape index (κ1) is 14.5. The lowest BCUT2D eigenvalue weighted by molar-refractivity contribution is 0.191. The van der Waals surface area contributed by atoms with E-state index in [1.807, 2.05) is 0 Å². The van der Waals surface area contributed by atoms with Crippen molar-refractivity contribution < 1.29 is 5.11 Å². The van der Waals surface area contributed by atoms with Gasteiger partial charge in [-0.2, -0.15) is 0 Å². The number of aliphatic hydroxyl groups is 1. The highest BCUT2D eigenvalue weighted by atomic mass is 16.3. The zero-order valence-electron chi connectivity index (χ0n) is 11.8. The maximum atomic E-state index is 12.3. The molecule has 2 heterocycles. The molecule has 2 N–H and O–H groups in total. The maximum absolute atomic E-state index is 12.3. The van der Waals surface area contributed by atoms with Crippen molar-refractivity contribution in [2.75, 3.05) is 13.1 Å². The van der Waals surface area contributed by atoms with Gasteiger partial charge in [-0.15, -0.1) is 0 Å². The summed E-state index contributed by atoms with van der Waals surface area (Å²) in [5.74, 6) is 0. The monoisotopic (exact) mass is 281 g/mol. The molecular weight excluding hydrogens is 262 g/mol. The highest BCUT2D eigenvalue weighted by molar-refractivity contribution is 5.69. The van der Waals surface area contributed by atoms with E-state index in [1.54, 1.807) is 25.6 Å². The third-order valence-electron chi connectivity index (χ3n) is 3.15. The number of nitrogens with one attached hydrogen (secondary N) is 1. The fraction of sp³-hybridized carbons (Fsp3) is 0.583. The van der Waals surface area contributed by atoms with Crippen LogP contribution in [0.1, 0.15) is 6.92 Å². The molecule has 0 spiro atoms. The Hall–Kier alpha value is -1.93. The number of hydrogen-bond acceptors (Lipinski definition) is 5. The predicted molar refractivity (Wildman–Crippen MR) is 74.8 cm³/mol. The van der Waals surface area contributed by atoms with Crippen molar-refractivity contribution in [3.63, 3.8) is 0 Å². The van der Waals surface area contributed by atoms with Crippen molar-refractivity contribution in [3.05, 3.63) is 27.2 Å². The van der Waals surface area contributed by atoms with Crippen molar-refractivity contribution >= 4 is 11.2 Å². The van der Waals surface area contributed by atoms with Crippen molar-refractivity contribution in [1.29, 1.82) is 0 Å². The number of rotatable bonds is 5. The van der Waals surface area contributed by atoms with Crippen LogP contribution in [0.3, 0.4) is 0 Å². The first-order chi connectivity index (χ1) is 9.43. The van der Waals surface area contributed by atoms with Crippen LogP contribution >= 0.6 is 0 Å². The van der Waals surface area contributed by atoms with E-state index < -0.39 is 6.10 Å². The summed E-state index contributed by atoms with van der Waals surface area (Å²) in [5, 5.41) is 12.1. The Kier molecular flexibility index (Phi) is 4.05. The molecule has 0 fully saturated rings. The molecule has 0 unspecified atom stereocenters. The maximum Gasteiger partial charge on any atom is 0.332 e. The van der Waals surface area contributed by atoms with Crippen LogP contribution in [0.5, 0.6) is 0 Å². The summed E-state index contributed by atoms with van der Waals surface area (Å²) in [6, 6.07) is 0. The summed E-state index contributed by atoms with van der Waals surface area (Å²) in [6.45, 7) is 2.77. The van der Waals surface area contributed by atoms with Gasteiger partial charge >= 0.3 is 5.69 Å². The van der Waals surface area contributed by atoms with Crippen molar-refractivity contribution in [2.24, 2.45) is 14.1 Å². The van der Waals surface area contributed by atoms with E-state index in [0.717, 1.165) is 0 Å². The Morgan fingerprint density at radius 1 is 1.40 bits per heavy atom. The summed E-state index contributed by atoms with van der Waals surface area (Å²) in [5.41, 5.74) is 0.0558. The van der Waals surface area contributed by atoms with Crippen LogP contribution in [-0.4, -0.2) is 43.0 Å². The fourth-order valence-electron chi connectivity index (χ4n) is 2.10. The largest absolute Gasteiger partial charge is 0.392 e. The Balaban J connectivity index is 2.36. The second-order valence-corrected chi connectivity index (χ2v) is 4.88. The highest BCUT2D eigenvalue weighted by Crippen LogP contribution is 2.02. The molecule has 0 saturated heterocycles. The average molecular weight is 281 g/mol. The van der Waals surface area contributed by atoms with Crippen LogP contribution < -0.4 is 16.6 Å². The first-order valence-electron chi connectivity index (χ1n) is 6.43. The number of aromatic nitrogens is 4. The van der Waals surface area contributed by atoms with Crippen LogP contribution in [0, 0.1) is 0 Å². The minimum Gasteiger partial charge on any atom is -0.392 e. The zero-order chi connectivity index (χ0) is 14.9. The van der Waals surface area contributed by atoms with Gasteiger partial charge in [0.05, 0.1) is 12.4 Å². The minimum absolute atomic E-state index is 0.249. The second-order valence-electron chi connectivity index (χ2n) is 4.88. The number of aliphatic hydroxyl groups excluding tert-OH is 1. The van der Waals surface area contributed by atoms with Gasteiger partial charge in [0, 0.05) is 33.7 Å². The van der Waals surface area contributed by atoms with Crippen molar-refractivity contribution in [1.82, 2.24) is 24.0 Å². The standard InChI is InChI=1S/C12H19N5O3/c1-8(18)6-13-4-5-17-11(19)9-10(14-7-15(9)2)16(3)12(17)20/h7-8,13,18H,4-6H2,1-3H3/t8-/m0/s1. The third-order valence-corrected chi connectivity index (χ3v) is 3.15. The number of aryl methyl sites for hydroxylation is 2. The van der Waals surface area contributed by atoms with E-state index in [0.29, 0.717) is 24.3 Å². The molecular formula is C12H19N5O3. The Bertz CT molecular complexity index is 725. The Morgan fingerprint density at radius 3 is 2.75 bits per heavy atom. The van der Waals surface area contributed by atoms with Gasteiger partial charge < -0.3 is 15.0 Å². The molecule has 0 aliphatic heterocycles. The fourth-order valence-corrected chi connectivity index (χ4v) is 2.10. The van der Waals surface area contributed by atoms with Crippen LogP contribution in [0.2, 0.25) is 0 Å². The summed E-state index contributed by atoms with van der Waals surface area (Å²) in [6.07, 6.45) is 1.05. The van der Waals surface area contributed by atoms with Gasteiger partial charge in [-0.1, -0.05) is 0 Å². The molecule has 2 aromatic rings. The van der Waals surface area contributed by atoms with Crippen molar-refractivity contribution in [3.8, 4) is 0 Å². The highest BCUT2D eigenvalue weighted by Gasteiger charge is 2.14. The van der Waals surface area contributed by atoms with Gasteiger partial charge in [0.25, 0.3) is 5.56 Å². The SMILES string of the molecule is C[C@H](O)CNCCn1c(=O)c2c(ncn2C)n(C)c1=O. The number of fused-ring (bicyclic) bond motifs is 1. The van der Waals surface area contributed by atoms with Crippen LogP contribution in [0.4, 0.5) is 0 Å². The lowest BCUT2D eigenvalue weighted by Gasteiger charge is -2.10. The normalized spacial score (nSPS) is 13.0. The number of imidazole rings is 1. The third kappa shape index (κ3) is 2.52. The molecule has 0 bridgehead atoms. The van der Waals surface area contributed by atoms with Gasteiger partial charge in [-0.25, -0.2) is 9.78 Å². The van der Waals surface area contributed by atoms with E-state index in [9.17, 15) is 9.59 Å². The van der Waals surface area contributed by atoms with Crippen LogP contribution in [0.25, 0.3) is 11.2 Å². The molecule has 0 aromatic carbocycles. The Labute approximate surface area is 115 Å². The average Bonchev–Trinajstić information content (AvgIpc) is 2.77. The number of nitrogens with zero attached hydrogens (tertiary/aromatic N) is 4. The minimum atomic E-state index is -0.464. The van der Waals surface area contributed by atoms with E-state index in [1.165, 1.54) is 15.5 Å². The topological polar surface area (TPSA) is 94.1 Å². The van der Waals surface area contributed by atoms with E-state index in [2.05, 4.69) is 10.3 Å². The van der Waals surface area contributed by atoms with Crippen LogP contribution in [0.15, 0.2) is 15.9 Å². The predicted octanol–water partition coefficient (Wildman–Crippen LogP) is -1.60. The van der Waals surface area contributed by atoms with Crippen molar-refractivity contribution in [2.45, 2.75) is 19.6 Å². The molecule has 0 saturated carbocycles. The molecule has 110 valence electrons. The second kappa shape index (κ2) is 5.59. The molecule has 0 radical (unpaired) electrons. The van der Waals surface area contributed by atoms with E-state index in [-0.39, 0.29) is 17.8 Å². The zero-order valence-corrected chi connectivity index (χ0v) is 11.8. The van der Waals surface area contributed by atoms with E-state index in [4.69, 9.17) is 5.11 Å². The van der Waals surface area contributed by atoms with Gasteiger partial charge in [0.15, 0.2) is 11.2 Å². The summed E-state index contributed by atoms with van der Waals surface area (Å²) in [4.78, 5) is 28.5. The quantitative estimate of drug-likeness (QED) is 0.644. The molecule has 0 aliphatic carbocycles. The van der Waals surface area contributed by atoms with Gasteiger partial charge in [0.1, 0.15) is 0 Å². The van der Waals surface area contributed by atoms with E-state index >= 15 is 0 Å². The molecule has 0 aliphatic rings. The molecule has 8 heteroatoms. The Morgan fingerprint density at radius 2 is 2.10 bits per heavy atom. The number of hydrogen-bond donors (Lipinski definition) is 2. The summed E-state index contributed by atoms with van der Waals surface area (Å²) >= 11 is 0. The molecule has 2 rings (SSSR count). The molecule has 1 atom stereocenters. The van der Waals surface area contributed by atoms with Gasteiger partial charge in [-0.3, -0.25) is 13.9 Å². The molecule has 20 heavy (non-hydrogen) atoms. The smallest absolute Gasteiger partial charge is 0.332 e. The summed E-state index contributed by atoms with van der Waals surface area (Å²) in [7, 11) is 3.31. The molecule has 0 amide bonds. The van der Waals surface area contributed by atoms with Crippen LogP contribution in [-0.2, 0) is 20.6 Å². The lowest BCUT2D eigenvalue weighted by atomic mass is 10.4. The lowest BCUT2D eigenvalue weighted by Crippen LogP contribution is -2.42. The van der Waals surface area contributed by atoms with Gasteiger partial charge in [0.2, 0.25) is 0 Å².